The number of ether oxygens (including phenoxy) is 1. The Morgan fingerprint density at radius 1 is 1.69 bits per heavy atom. The first kappa shape index (κ1) is 12.2. The summed E-state index contributed by atoms with van der Waals surface area (Å²) in [6, 6.07) is 2.69. The van der Waals surface area contributed by atoms with Gasteiger partial charge < -0.3 is 15.8 Å². The van der Waals surface area contributed by atoms with Crippen LogP contribution in [-0.2, 0) is 0 Å². The van der Waals surface area contributed by atoms with Crippen LogP contribution in [0.3, 0.4) is 0 Å². The lowest BCUT2D eigenvalue weighted by Crippen LogP contribution is -2.26. The van der Waals surface area contributed by atoms with Crippen LogP contribution < -0.4 is 15.8 Å². The summed E-state index contributed by atoms with van der Waals surface area (Å²) in [6.45, 7) is 2.17. The zero-order chi connectivity index (χ0) is 12.1. The van der Waals surface area contributed by atoms with Crippen molar-refractivity contribution in [3.63, 3.8) is 0 Å². The van der Waals surface area contributed by atoms with Crippen LogP contribution in [-0.4, -0.2) is 29.6 Å². The number of nitrogens with one attached hydrogen (secondary N) is 1. The summed E-state index contributed by atoms with van der Waals surface area (Å²) in [5, 5.41) is 13.6. The number of nitrogens with zero attached hydrogens (tertiary/aromatic N) is 2. The lowest BCUT2D eigenvalue weighted by molar-refractivity contribution is -0.384. The first-order valence-corrected chi connectivity index (χ1v) is 4.74. The van der Waals surface area contributed by atoms with Gasteiger partial charge in [-0.3, -0.25) is 10.1 Å². The third-order valence-electron chi connectivity index (χ3n) is 1.99. The van der Waals surface area contributed by atoms with Crippen molar-refractivity contribution >= 4 is 11.5 Å². The molecule has 3 N–H and O–H groups in total. The molecule has 1 rings (SSSR count). The molecule has 0 saturated carbocycles. The molecule has 7 nitrogen and oxygen atoms in total. The molecule has 1 heterocycles. The monoisotopic (exact) mass is 226 g/mol. The number of anilines is 1. The second kappa shape index (κ2) is 5.26. The molecule has 0 fully saturated rings. The Morgan fingerprint density at radius 3 is 2.88 bits per heavy atom. The van der Waals surface area contributed by atoms with Gasteiger partial charge in [-0.15, -0.1) is 0 Å². The Morgan fingerprint density at radius 2 is 2.38 bits per heavy atom. The summed E-state index contributed by atoms with van der Waals surface area (Å²) in [4.78, 5) is 14.2. The number of hydrogen-bond acceptors (Lipinski definition) is 6. The van der Waals surface area contributed by atoms with E-state index < -0.39 is 4.92 Å². The molecule has 0 aromatic carbocycles. The Labute approximate surface area is 92.8 Å². The minimum Gasteiger partial charge on any atom is -0.481 e. The third kappa shape index (κ3) is 2.80. The summed E-state index contributed by atoms with van der Waals surface area (Å²) >= 11 is 0. The van der Waals surface area contributed by atoms with Crippen LogP contribution >= 0.6 is 0 Å². The smallest absolute Gasteiger partial charge is 0.311 e. The molecule has 1 unspecified atom stereocenters. The largest absolute Gasteiger partial charge is 0.481 e. The molecule has 1 aromatic heterocycles. The second-order valence-electron chi connectivity index (χ2n) is 3.26. The molecular weight excluding hydrogens is 212 g/mol. The zero-order valence-corrected chi connectivity index (χ0v) is 9.14. The molecule has 16 heavy (non-hydrogen) atoms. The van der Waals surface area contributed by atoms with E-state index in [0.29, 0.717) is 12.4 Å². The molecule has 7 heteroatoms. The maximum Gasteiger partial charge on any atom is 0.311 e. The minimum atomic E-state index is -0.502. The highest BCUT2D eigenvalue weighted by Gasteiger charge is 2.17. The highest BCUT2D eigenvalue weighted by atomic mass is 16.6. The summed E-state index contributed by atoms with van der Waals surface area (Å²) in [5.74, 6) is 0.486. The van der Waals surface area contributed by atoms with Crippen LogP contribution in [0.5, 0.6) is 5.88 Å². The van der Waals surface area contributed by atoms with Gasteiger partial charge in [-0.05, 0) is 6.92 Å². The molecule has 88 valence electrons. The van der Waals surface area contributed by atoms with Crippen molar-refractivity contribution in [2.45, 2.75) is 13.0 Å². The quantitative estimate of drug-likeness (QED) is 0.567. The summed E-state index contributed by atoms with van der Waals surface area (Å²) in [6.07, 6.45) is 0. The predicted octanol–water partition coefficient (Wildman–Crippen LogP) is 0.757. The van der Waals surface area contributed by atoms with Crippen LogP contribution in [0.2, 0.25) is 0 Å². The van der Waals surface area contributed by atoms with Gasteiger partial charge in [0.05, 0.1) is 12.0 Å². The normalized spacial score (nSPS) is 11.9. The van der Waals surface area contributed by atoms with Gasteiger partial charge in [-0.2, -0.15) is 4.98 Å². The number of hydrogen-bond donors (Lipinski definition) is 2. The van der Waals surface area contributed by atoms with Crippen LogP contribution in [0, 0.1) is 10.1 Å². The molecule has 0 aliphatic rings. The van der Waals surface area contributed by atoms with Crippen LogP contribution in [0.1, 0.15) is 6.92 Å². The average molecular weight is 226 g/mol. The molecule has 1 atom stereocenters. The fourth-order valence-corrected chi connectivity index (χ4v) is 1.09. The third-order valence-corrected chi connectivity index (χ3v) is 1.99. The highest BCUT2D eigenvalue weighted by Crippen LogP contribution is 2.25. The number of aromatic nitrogens is 1. The van der Waals surface area contributed by atoms with Crippen molar-refractivity contribution in [2.24, 2.45) is 5.73 Å². The summed E-state index contributed by atoms with van der Waals surface area (Å²) in [7, 11) is 1.45. The SMILES string of the molecule is COc1ccc([N+](=O)[O-])c(NC(C)CN)n1. The molecule has 0 spiro atoms. The molecule has 0 aliphatic carbocycles. The molecular formula is C9H14N4O3. The van der Waals surface area contributed by atoms with Gasteiger partial charge in [0.1, 0.15) is 0 Å². The van der Waals surface area contributed by atoms with Gasteiger partial charge in [0, 0.05) is 24.7 Å². The number of methoxy groups -OCH3 is 1. The van der Waals surface area contributed by atoms with Gasteiger partial charge in [0.15, 0.2) is 0 Å². The first-order chi connectivity index (χ1) is 7.58. The van der Waals surface area contributed by atoms with Gasteiger partial charge >= 0.3 is 5.69 Å². The Hall–Kier alpha value is -1.89. The van der Waals surface area contributed by atoms with Gasteiger partial charge in [-0.1, -0.05) is 0 Å². The summed E-state index contributed by atoms with van der Waals surface area (Å²) < 4.78 is 4.90. The van der Waals surface area contributed by atoms with Crippen LogP contribution in [0.25, 0.3) is 0 Å². The fraction of sp³-hybridized carbons (Fsp3) is 0.444. The standard InChI is InChI=1S/C9H14N4O3/c1-6(5-10)11-9-7(13(14)15)3-4-8(12-9)16-2/h3-4,6H,5,10H2,1-2H3,(H,11,12). The Balaban J connectivity index is 3.05. The fourth-order valence-electron chi connectivity index (χ4n) is 1.09. The molecule has 0 bridgehead atoms. The van der Waals surface area contributed by atoms with E-state index in [1.165, 1.54) is 19.2 Å². The van der Waals surface area contributed by atoms with Gasteiger partial charge in [-0.25, -0.2) is 0 Å². The molecule has 0 saturated heterocycles. The Kier molecular flexibility index (Phi) is 4.01. The predicted molar refractivity (Wildman–Crippen MR) is 59.6 cm³/mol. The van der Waals surface area contributed by atoms with Gasteiger partial charge in [0.2, 0.25) is 11.7 Å². The van der Waals surface area contributed by atoms with Crippen molar-refractivity contribution in [1.82, 2.24) is 4.98 Å². The lowest BCUT2D eigenvalue weighted by Gasteiger charge is -2.12. The van der Waals surface area contributed by atoms with E-state index in [2.05, 4.69) is 10.3 Å². The lowest BCUT2D eigenvalue weighted by atomic mass is 10.3. The number of rotatable bonds is 5. The number of pyridine rings is 1. The molecule has 0 aliphatic heterocycles. The molecule has 0 radical (unpaired) electrons. The Bertz CT molecular complexity index is 383. The van der Waals surface area contributed by atoms with Crippen molar-refractivity contribution in [2.75, 3.05) is 19.0 Å². The van der Waals surface area contributed by atoms with Crippen molar-refractivity contribution in [3.05, 3.63) is 22.2 Å². The van der Waals surface area contributed by atoms with Gasteiger partial charge in [0.25, 0.3) is 0 Å². The molecule has 1 aromatic rings. The maximum absolute atomic E-state index is 10.7. The molecule has 0 amide bonds. The van der Waals surface area contributed by atoms with Crippen LogP contribution in [0.15, 0.2) is 12.1 Å². The van der Waals surface area contributed by atoms with E-state index in [4.69, 9.17) is 10.5 Å². The zero-order valence-electron chi connectivity index (χ0n) is 9.14. The van der Waals surface area contributed by atoms with E-state index in [1.807, 2.05) is 6.92 Å². The van der Waals surface area contributed by atoms with Crippen molar-refractivity contribution < 1.29 is 9.66 Å². The van der Waals surface area contributed by atoms with Crippen molar-refractivity contribution in [3.8, 4) is 5.88 Å². The van der Waals surface area contributed by atoms with E-state index in [9.17, 15) is 10.1 Å². The minimum absolute atomic E-state index is 0.0962. The average Bonchev–Trinajstić information content (AvgIpc) is 2.28. The first-order valence-electron chi connectivity index (χ1n) is 4.74. The topological polar surface area (TPSA) is 103 Å². The second-order valence-corrected chi connectivity index (χ2v) is 3.26. The van der Waals surface area contributed by atoms with E-state index >= 15 is 0 Å². The maximum atomic E-state index is 10.7. The van der Waals surface area contributed by atoms with E-state index in [1.54, 1.807) is 0 Å². The summed E-state index contributed by atoms with van der Waals surface area (Å²) in [5.41, 5.74) is 5.33. The number of nitrogens with two attached hydrogens (primary N) is 1. The highest BCUT2D eigenvalue weighted by molar-refractivity contribution is 5.57. The van der Waals surface area contributed by atoms with E-state index in [-0.39, 0.29) is 17.5 Å². The van der Waals surface area contributed by atoms with E-state index in [0.717, 1.165) is 0 Å². The van der Waals surface area contributed by atoms with Crippen molar-refractivity contribution in [1.29, 1.82) is 0 Å². The van der Waals surface area contributed by atoms with Crippen LogP contribution in [0.4, 0.5) is 11.5 Å². The number of nitro groups is 1.